The molecule has 0 amide bonds. The predicted molar refractivity (Wildman–Crippen MR) is 78.1 cm³/mol. The van der Waals surface area contributed by atoms with Crippen molar-refractivity contribution in [3.8, 4) is 0 Å². The molecule has 1 aliphatic carbocycles. The summed E-state index contributed by atoms with van der Waals surface area (Å²) in [6, 6.07) is 10.3. The van der Waals surface area contributed by atoms with Crippen molar-refractivity contribution in [2.75, 3.05) is 27.2 Å². The Bertz CT molecular complexity index is 451. The molecule has 1 N–H and O–H groups in total. The number of hydrogen-bond acceptors (Lipinski definition) is 3. The van der Waals surface area contributed by atoms with E-state index in [9.17, 15) is 4.79 Å². The highest BCUT2D eigenvalue weighted by Crippen LogP contribution is 2.30. The fourth-order valence-corrected chi connectivity index (χ4v) is 2.42. The van der Waals surface area contributed by atoms with Crippen LogP contribution in [-0.4, -0.2) is 37.9 Å². The number of nitrogens with one attached hydrogen (secondary N) is 1. The minimum absolute atomic E-state index is 0.229. The lowest BCUT2D eigenvalue weighted by Gasteiger charge is -2.24. The highest BCUT2D eigenvalue weighted by atomic mass is 16.1. The molecule has 0 bridgehead atoms. The van der Waals surface area contributed by atoms with E-state index in [1.807, 2.05) is 18.2 Å². The van der Waals surface area contributed by atoms with Gasteiger partial charge in [-0.1, -0.05) is 30.3 Å². The van der Waals surface area contributed by atoms with Gasteiger partial charge in [-0.25, -0.2) is 0 Å². The molecule has 1 aliphatic rings. The van der Waals surface area contributed by atoms with E-state index < -0.39 is 0 Å². The normalized spacial score (nSPS) is 19.4. The first kappa shape index (κ1) is 13.8. The summed E-state index contributed by atoms with van der Waals surface area (Å²) in [5, 5.41) is 3.38. The van der Waals surface area contributed by atoms with E-state index in [-0.39, 0.29) is 5.78 Å². The van der Waals surface area contributed by atoms with Crippen molar-refractivity contribution < 1.29 is 4.79 Å². The molecule has 0 unspecified atom stereocenters. The van der Waals surface area contributed by atoms with Gasteiger partial charge in [0, 0.05) is 31.3 Å². The fraction of sp³-hybridized carbons (Fsp3) is 0.438. The molecule has 3 heteroatoms. The third-order valence-electron chi connectivity index (χ3n) is 3.43. The van der Waals surface area contributed by atoms with Gasteiger partial charge in [-0.05, 0) is 32.0 Å². The molecule has 19 heavy (non-hydrogen) atoms. The first-order valence-electron chi connectivity index (χ1n) is 6.82. The first-order valence-corrected chi connectivity index (χ1v) is 6.82. The Hall–Kier alpha value is -1.61. The third kappa shape index (κ3) is 4.21. The number of hydrogen-bond donors (Lipinski definition) is 1. The second kappa shape index (κ2) is 6.53. The maximum atomic E-state index is 11.8. The Morgan fingerprint density at radius 2 is 1.95 bits per heavy atom. The zero-order chi connectivity index (χ0) is 13.7. The molecule has 102 valence electrons. The van der Waals surface area contributed by atoms with Gasteiger partial charge in [0.25, 0.3) is 0 Å². The molecule has 0 aromatic heterocycles. The van der Waals surface area contributed by atoms with Gasteiger partial charge in [0.2, 0.25) is 0 Å². The van der Waals surface area contributed by atoms with Crippen molar-refractivity contribution >= 4 is 5.78 Å². The summed E-state index contributed by atoms with van der Waals surface area (Å²) < 4.78 is 0. The van der Waals surface area contributed by atoms with Crippen molar-refractivity contribution in [2.45, 2.75) is 18.8 Å². The van der Waals surface area contributed by atoms with Crippen molar-refractivity contribution in [1.29, 1.82) is 0 Å². The zero-order valence-electron chi connectivity index (χ0n) is 11.7. The smallest absolute Gasteiger partial charge is 0.158 e. The molecule has 2 rings (SSSR count). The lowest BCUT2D eigenvalue weighted by atomic mass is 9.85. The van der Waals surface area contributed by atoms with Crippen LogP contribution in [0.5, 0.6) is 0 Å². The average Bonchev–Trinajstić information content (AvgIpc) is 2.39. The van der Waals surface area contributed by atoms with Crippen molar-refractivity contribution in [1.82, 2.24) is 10.2 Å². The molecule has 0 saturated carbocycles. The number of likely N-dealkylation sites (N-methyl/N-ethyl adjacent to an activating group) is 1. The Morgan fingerprint density at radius 3 is 2.63 bits per heavy atom. The van der Waals surface area contributed by atoms with Gasteiger partial charge >= 0.3 is 0 Å². The molecule has 0 aliphatic heterocycles. The van der Waals surface area contributed by atoms with Crippen LogP contribution in [-0.2, 0) is 4.79 Å². The number of benzene rings is 1. The lowest BCUT2D eigenvalue weighted by Crippen LogP contribution is -2.28. The van der Waals surface area contributed by atoms with Gasteiger partial charge in [-0.3, -0.25) is 4.79 Å². The first-order chi connectivity index (χ1) is 9.15. The van der Waals surface area contributed by atoms with E-state index in [1.54, 1.807) is 6.08 Å². The largest absolute Gasteiger partial charge is 0.387 e. The third-order valence-corrected chi connectivity index (χ3v) is 3.43. The number of rotatable bonds is 5. The summed E-state index contributed by atoms with van der Waals surface area (Å²) in [5.41, 5.74) is 2.34. The van der Waals surface area contributed by atoms with Crippen LogP contribution in [0.3, 0.4) is 0 Å². The Kier molecular flexibility index (Phi) is 4.74. The predicted octanol–water partition coefficient (Wildman–Crippen LogP) is 2.17. The molecule has 0 spiro atoms. The number of carbonyl (C=O) groups is 1. The van der Waals surface area contributed by atoms with E-state index in [0.717, 1.165) is 25.2 Å². The van der Waals surface area contributed by atoms with Crippen molar-refractivity contribution in [2.24, 2.45) is 0 Å². The van der Waals surface area contributed by atoms with Crippen LogP contribution in [0.2, 0.25) is 0 Å². The Labute approximate surface area is 115 Å². The van der Waals surface area contributed by atoms with Crippen LogP contribution >= 0.6 is 0 Å². The summed E-state index contributed by atoms with van der Waals surface area (Å²) in [6.07, 6.45) is 3.33. The lowest BCUT2D eigenvalue weighted by molar-refractivity contribution is -0.115. The van der Waals surface area contributed by atoms with E-state index in [4.69, 9.17) is 0 Å². The maximum Gasteiger partial charge on any atom is 0.158 e. The van der Waals surface area contributed by atoms with Crippen molar-refractivity contribution in [3.63, 3.8) is 0 Å². The summed E-state index contributed by atoms with van der Waals surface area (Å²) in [6.45, 7) is 1.86. The molecule has 3 nitrogen and oxygen atoms in total. The minimum atomic E-state index is 0.229. The summed E-state index contributed by atoms with van der Waals surface area (Å²) in [4.78, 5) is 14.0. The number of carbonyl (C=O) groups excluding carboxylic acids is 1. The Balaban J connectivity index is 1.97. The minimum Gasteiger partial charge on any atom is -0.387 e. The topological polar surface area (TPSA) is 32.3 Å². The van der Waals surface area contributed by atoms with Crippen LogP contribution in [0.4, 0.5) is 0 Å². The molecule has 0 radical (unpaired) electrons. The van der Waals surface area contributed by atoms with Gasteiger partial charge in [0.05, 0.1) is 0 Å². The van der Waals surface area contributed by atoms with E-state index in [0.29, 0.717) is 12.3 Å². The molecular weight excluding hydrogens is 236 g/mol. The van der Waals surface area contributed by atoms with Gasteiger partial charge in [0.15, 0.2) is 5.78 Å². The van der Waals surface area contributed by atoms with Gasteiger partial charge in [-0.2, -0.15) is 0 Å². The van der Waals surface area contributed by atoms with Crippen LogP contribution < -0.4 is 5.32 Å². The molecule has 0 saturated heterocycles. The summed E-state index contributed by atoms with van der Waals surface area (Å²) in [7, 11) is 4.10. The van der Waals surface area contributed by atoms with Crippen LogP contribution in [0.15, 0.2) is 42.1 Å². The summed E-state index contributed by atoms with van der Waals surface area (Å²) >= 11 is 0. The molecule has 1 aromatic carbocycles. The quantitative estimate of drug-likeness (QED) is 0.878. The molecule has 1 atom stereocenters. The highest BCUT2D eigenvalue weighted by molar-refractivity contribution is 5.91. The molecule has 0 heterocycles. The number of nitrogens with zero attached hydrogens (tertiary/aromatic N) is 1. The van der Waals surface area contributed by atoms with E-state index in [2.05, 4.69) is 36.4 Å². The fourth-order valence-electron chi connectivity index (χ4n) is 2.42. The second-order valence-corrected chi connectivity index (χ2v) is 5.38. The maximum absolute atomic E-state index is 11.8. The summed E-state index contributed by atoms with van der Waals surface area (Å²) in [5.74, 6) is 0.549. The van der Waals surface area contributed by atoms with Gasteiger partial charge in [-0.15, -0.1) is 0 Å². The molecule has 0 fully saturated rings. The Morgan fingerprint density at radius 1 is 1.21 bits per heavy atom. The second-order valence-electron chi connectivity index (χ2n) is 5.38. The van der Waals surface area contributed by atoms with E-state index in [1.165, 1.54) is 5.56 Å². The van der Waals surface area contributed by atoms with Gasteiger partial charge in [0.1, 0.15) is 0 Å². The molecular formula is C16H22N2O. The van der Waals surface area contributed by atoms with Crippen LogP contribution in [0.1, 0.15) is 24.3 Å². The SMILES string of the molecule is CN(C)CCNC1=CC(=O)C[C@@H](c2ccccc2)C1. The number of ketones is 1. The standard InChI is InChI=1S/C16H22N2O/c1-18(2)9-8-17-15-10-14(11-16(19)12-15)13-6-4-3-5-7-13/h3-7,12,14,17H,8-11H2,1-2H3/t14-/m0/s1. The highest BCUT2D eigenvalue weighted by Gasteiger charge is 2.21. The monoisotopic (exact) mass is 258 g/mol. The van der Waals surface area contributed by atoms with Crippen LogP contribution in [0, 0.1) is 0 Å². The van der Waals surface area contributed by atoms with Gasteiger partial charge < -0.3 is 10.2 Å². The zero-order valence-corrected chi connectivity index (χ0v) is 11.7. The van der Waals surface area contributed by atoms with Crippen LogP contribution in [0.25, 0.3) is 0 Å². The van der Waals surface area contributed by atoms with E-state index >= 15 is 0 Å². The number of allylic oxidation sites excluding steroid dienone is 2. The average molecular weight is 258 g/mol. The van der Waals surface area contributed by atoms with Crippen molar-refractivity contribution in [3.05, 3.63) is 47.7 Å². The molecule has 1 aromatic rings.